The van der Waals surface area contributed by atoms with Gasteiger partial charge in [0.2, 0.25) is 0 Å². The van der Waals surface area contributed by atoms with Gasteiger partial charge in [-0.1, -0.05) is 19.3 Å². The largest absolute Gasteiger partial charge is 0.335 e. The summed E-state index contributed by atoms with van der Waals surface area (Å²) in [5, 5.41) is 7.83. The summed E-state index contributed by atoms with van der Waals surface area (Å²) in [5.41, 5.74) is 0. The molecule has 3 amide bonds. The van der Waals surface area contributed by atoms with Crippen LogP contribution < -0.4 is 16.0 Å². The molecule has 5 rings (SSSR count). The standard InChI is InChI=1S/C20H33N3O2/c1-12(19(24)23-20(25)22-17-5-3-2-4-6-17)21-18-15-8-13-7-14(10-15)11-16(18)9-13/h12-18,21H,2-11H2,1H3,(H2,22,23,24,25)/p+1/t12-,13?,14?,15?,16?,18?/m1/s1. The number of carbonyl (C=O) groups excluding carboxylic acids is 2. The molecular weight excluding hydrogens is 314 g/mol. The summed E-state index contributed by atoms with van der Waals surface area (Å²) < 4.78 is 0. The Hall–Kier alpha value is -1.10. The smallest absolute Gasteiger partial charge is 0.321 e. The molecule has 1 atom stereocenters. The number of imide groups is 1. The lowest BCUT2D eigenvalue weighted by molar-refractivity contribution is -0.725. The molecule has 0 aromatic heterocycles. The minimum Gasteiger partial charge on any atom is -0.335 e. The molecule has 0 aliphatic heterocycles. The maximum absolute atomic E-state index is 12.5. The molecule has 0 unspecified atom stereocenters. The van der Waals surface area contributed by atoms with Crippen molar-refractivity contribution in [3.8, 4) is 0 Å². The van der Waals surface area contributed by atoms with Crippen molar-refractivity contribution in [1.29, 1.82) is 0 Å². The molecule has 0 heterocycles. The van der Waals surface area contributed by atoms with E-state index in [0.29, 0.717) is 6.04 Å². The Labute approximate surface area is 151 Å². The van der Waals surface area contributed by atoms with Crippen molar-refractivity contribution in [3.05, 3.63) is 0 Å². The zero-order chi connectivity index (χ0) is 17.4. The summed E-state index contributed by atoms with van der Waals surface area (Å²) in [6, 6.07) is 0.349. The molecular formula is C20H34N3O2+. The molecule has 25 heavy (non-hydrogen) atoms. The van der Waals surface area contributed by atoms with Crippen LogP contribution in [0.3, 0.4) is 0 Å². The van der Waals surface area contributed by atoms with Crippen molar-refractivity contribution in [3.63, 3.8) is 0 Å². The number of nitrogens with one attached hydrogen (secondary N) is 2. The van der Waals surface area contributed by atoms with Gasteiger partial charge in [0.1, 0.15) is 0 Å². The minimum absolute atomic E-state index is 0.137. The van der Waals surface area contributed by atoms with Gasteiger partial charge >= 0.3 is 6.03 Å². The fourth-order valence-electron chi connectivity index (χ4n) is 6.40. The monoisotopic (exact) mass is 348 g/mol. The van der Waals surface area contributed by atoms with E-state index in [2.05, 4.69) is 16.0 Å². The van der Waals surface area contributed by atoms with Gasteiger partial charge in [-0.2, -0.15) is 0 Å². The Balaban J connectivity index is 1.25. The quantitative estimate of drug-likeness (QED) is 0.726. The minimum atomic E-state index is -0.303. The number of hydrogen-bond donors (Lipinski definition) is 3. The number of urea groups is 1. The van der Waals surface area contributed by atoms with Crippen LogP contribution >= 0.6 is 0 Å². The van der Waals surface area contributed by atoms with Gasteiger partial charge in [0, 0.05) is 17.9 Å². The normalized spacial score (nSPS) is 38.4. The molecule has 4 bridgehead atoms. The Morgan fingerprint density at radius 3 is 2.12 bits per heavy atom. The lowest BCUT2D eigenvalue weighted by Gasteiger charge is -2.53. The predicted octanol–water partition coefficient (Wildman–Crippen LogP) is 1.92. The van der Waals surface area contributed by atoms with Crippen LogP contribution in [-0.4, -0.2) is 30.1 Å². The molecule has 5 saturated carbocycles. The maximum Gasteiger partial charge on any atom is 0.321 e. The van der Waals surface area contributed by atoms with E-state index < -0.39 is 0 Å². The van der Waals surface area contributed by atoms with Crippen LogP contribution in [-0.2, 0) is 4.79 Å². The number of hydrogen-bond acceptors (Lipinski definition) is 2. The van der Waals surface area contributed by atoms with Gasteiger partial charge in [-0.25, -0.2) is 4.79 Å². The van der Waals surface area contributed by atoms with Gasteiger partial charge in [-0.15, -0.1) is 0 Å². The van der Waals surface area contributed by atoms with E-state index >= 15 is 0 Å². The number of carbonyl (C=O) groups is 2. The first-order valence-electron chi connectivity index (χ1n) is 10.5. The van der Waals surface area contributed by atoms with E-state index in [1.54, 1.807) is 0 Å². The molecule has 5 aliphatic carbocycles. The molecule has 0 saturated heterocycles. The third kappa shape index (κ3) is 3.86. The molecule has 0 aromatic rings. The highest BCUT2D eigenvalue weighted by molar-refractivity contribution is 5.96. The first kappa shape index (κ1) is 17.3. The summed E-state index contributed by atoms with van der Waals surface area (Å²) in [4.78, 5) is 24.6. The van der Waals surface area contributed by atoms with E-state index in [0.717, 1.165) is 36.5 Å². The Bertz CT molecular complexity index is 487. The van der Waals surface area contributed by atoms with Crippen LogP contribution in [0.15, 0.2) is 0 Å². The highest BCUT2D eigenvalue weighted by atomic mass is 16.2. The van der Waals surface area contributed by atoms with Gasteiger partial charge in [0.25, 0.3) is 5.91 Å². The molecule has 5 aliphatic rings. The zero-order valence-electron chi connectivity index (χ0n) is 15.5. The van der Waals surface area contributed by atoms with Crippen molar-refractivity contribution < 1.29 is 14.9 Å². The van der Waals surface area contributed by atoms with E-state index in [1.807, 2.05) is 6.92 Å². The number of nitrogens with two attached hydrogens (primary N) is 1. The van der Waals surface area contributed by atoms with Crippen LogP contribution in [0.5, 0.6) is 0 Å². The van der Waals surface area contributed by atoms with Crippen molar-refractivity contribution in [2.24, 2.45) is 23.7 Å². The molecule has 4 N–H and O–H groups in total. The molecule has 5 heteroatoms. The predicted molar refractivity (Wildman–Crippen MR) is 95.8 cm³/mol. The molecule has 5 fully saturated rings. The summed E-state index contributed by atoms with van der Waals surface area (Å²) in [7, 11) is 0. The van der Waals surface area contributed by atoms with Gasteiger partial charge in [0.05, 0.1) is 6.04 Å². The van der Waals surface area contributed by atoms with Gasteiger partial charge in [-0.05, 0) is 63.7 Å². The second-order valence-corrected chi connectivity index (χ2v) is 9.29. The SMILES string of the molecule is C[C@@H]([NH2+]C1C2CC3CC(C2)CC1C3)C(=O)NC(=O)NC1CCCCC1. The van der Waals surface area contributed by atoms with Crippen molar-refractivity contribution in [2.45, 2.75) is 89.3 Å². The molecule has 0 spiro atoms. The Morgan fingerprint density at radius 1 is 0.920 bits per heavy atom. The lowest BCUT2D eigenvalue weighted by atomic mass is 9.54. The fraction of sp³-hybridized carbons (Fsp3) is 0.900. The first-order valence-corrected chi connectivity index (χ1v) is 10.5. The second-order valence-electron chi connectivity index (χ2n) is 9.29. The topological polar surface area (TPSA) is 74.8 Å². The van der Waals surface area contributed by atoms with Crippen LogP contribution in [0.4, 0.5) is 4.79 Å². The Morgan fingerprint density at radius 2 is 1.52 bits per heavy atom. The summed E-state index contributed by atoms with van der Waals surface area (Å²) >= 11 is 0. The number of rotatable bonds is 4. The summed E-state index contributed by atoms with van der Waals surface area (Å²) in [5.74, 6) is 3.36. The van der Waals surface area contributed by atoms with E-state index in [-0.39, 0.29) is 24.0 Å². The summed E-state index contributed by atoms with van der Waals surface area (Å²) in [6.45, 7) is 1.95. The van der Waals surface area contributed by atoms with E-state index in [9.17, 15) is 9.59 Å². The van der Waals surface area contributed by atoms with Gasteiger partial charge in [-0.3, -0.25) is 10.1 Å². The van der Waals surface area contributed by atoms with E-state index in [4.69, 9.17) is 0 Å². The third-order valence-electron chi connectivity index (χ3n) is 7.40. The molecule has 0 aromatic carbocycles. The highest BCUT2D eigenvalue weighted by Crippen LogP contribution is 2.52. The molecule has 5 nitrogen and oxygen atoms in total. The Kier molecular flexibility index (Phi) is 5.03. The molecule has 0 radical (unpaired) electrons. The fourth-order valence-corrected chi connectivity index (χ4v) is 6.40. The van der Waals surface area contributed by atoms with Crippen molar-refractivity contribution >= 4 is 11.9 Å². The van der Waals surface area contributed by atoms with Crippen LogP contribution in [0.2, 0.25) is 0 Å². The third-order valence-corrected chi connectivity index (χ3v) is 7.40. The summed E-state index contributed by atoms with van der Waals surface area (Å²) in [6.07, 6.45) is 12.6. The van der Waals surface area contributed by atoms with Crippen LogP contribution in [0, 0.1) is 23.7 Å². The number of amides is 3. The second kappa shape index (κ2) is 7.26. The van der Waals surface area contributed by atoms with Crippen LogP contribution in [0.1, 0.15) is 71.1 Å². The average molecular weight is 349 g/mol. The van der Waals surface area contributed by atoms with Crippen molar-refractivity contribution in [1.82, 2.24) is 10.6 Å². The van der Waals surface area contributed by atoms with Gasteiger partial charge < -0.3 is 10.6 Å². The van der Waals surface area contributed by atoms with Crippen LogP contribution in [0.25, 0.3) is 0 Å². The average Bonchev–Trinajstić information content (AvgIpc) is 2.58. The lowest BCUT2D eigenvalue weighted by Crippen LogP contribution is -3.00. The maximum atomic E-state index is 12.5. The highest BCUT2D eigenvalue weighted by Gasteiger charge is 2.50. The van der Waals surface area contributed by atoms with Gasteiger partial charge in [0.15, 0.2) is 6.04 Å². The first-order chi connectivity index (χ1) is 12.1. The number of quaternary nitrogens is 1. The van der Waals surface area contributed by atoms with Crippen molar-refractivity contribution in [2.75, 3.05) is 0 Å². The van der Waals surface area contributed by atoms with E-state index in [1.165, 1.54) is 51.4 Å². The molecule has 140 valence electrons. The zero-order valence-corrected chi connectivity index (χ0v) is 15.5.